The van der Waals surface area contributed by atoms with Gasteiger partial charge in [-0.25, -0.2) is 0 Å². The maximum atomic E-state index is 11.8. The van der Waals surface area contributed by atoms with Gasteiger partial charge in [-0.3, -0.25) is 14.3 Å². The maximum Gasteiger partial charge on any atom is 0.311 e. The summed E-state index contributed by atoms with van der Waals surface area (Å²) in [6.07, 6.45) is 6.59. The predicted octanol–water partition coefficient (Wildman–Crippen LogP) is 1.07. The number of rotatable bonds is 6. The monoisotopic (exact) mass is 294 g/mol. The predicted molar refractivity (Wildman–Crippen MR) is 75.3 cm³/mol. The minimum atomic E-state index is -0.800. The van der Waals surface area contributed by atoms with Crippen LogP contribution in [0.2, 0.25) is 0 Å². The van der Waals surface area contributed by atoms with Gasteiger partial charge < -0.3 is 10.4 Å². The highest BCUT2D eigenvalue weighted by Crippen LogP contribution is 2.38. The van der Waals surface area contributed by atoms with Gasteiger partial charge in [0.15, 0.2) is 0 Å². The van der Waals surface area contributed by atoms with Gasteiger partial charge in [-0.05, 0) is 31.6 Å². The molecule has 1 aliphatic rings. The van der Waals surface area contributed by atoms with Crippen molar-refractivity contribution in [2.24, 2.45) is 11.3 Å². The minimum absolute atomic E-state index is 0.148. The third kappa shape index (κ3) is 4.03. The van der Waals surface area contributed by atoms with E-state index in [1.807, 2.05) is 0 Å². The van der Waals surface area contributed by atoms with Crippen molar-refractivity contribution in [2.45, 2.75) is 45.6 Å². The number of amides is 1. The number of carboxylic acid groups (broad SMARTS) is 1. The van der Waals surface area contributed by atoms with Gasteiger partial charge in [0.05, 0.1) is 18.2 Å². The number of aryl methyl sites for hydroxylation is 1. The standard InChI is InChI=1S/C14H22N4O3/c1-11-2-5-14(6-3-11,13(20)21)10-15-12(19)4-8-18-9-7-16-17-18/h7,9,11H,2-6,8,10H2,1H3,(H,15,19)(H,20,21). The number of nitrogens with one attached hydrogen (secondary N) is 1. The summed E-state index contributed by atoms with van der Waals surface area (Å²) in [6.45, 7) is 2.80. The van der Waals surface area contributed by atoms with Crippen molar-refractivity contribution in [1.29, 1.82) is 0 Å². The first-order valence-electron chi connectivity index (χ1n) is 7.36. The van der Waals surface area contributed by atoms with Crippen molar-refractivity contribution in [3.63, 3.8) is 0 Å². The highest BCUT2D eigenvalue weighted by molar-refractivity contribution is 5.79. The van der Waals surface area contributed by atoms with Crippen molar-refractivity contribution in [1.82, 2.24) is 20.3 Å². The molecule has 0 aliphatic heterocycles. The molecule has 21 heavy (non-hydrogen) atoms. The van der Waals surface area contributed by atoms with Crippen LogP contribution in [-0.4, -0.2) is 38.5 Å². The molecule has 1 aromatic rings. The van der Waals surface area contributed by atoms with Crippen molar-refractivity contribution in [2.75, 3.05) is 6.54 Å². The zero-order valence-electron chi connectivity index (χ0n) is 12.3. The largest absolute Gasteiger partial charge is 0.481 e. The van der Waals surface area contributed by atoms with Gasteiger partial charge in [0, 0.05) is 19.2 Å². The summed E-state index contributed by atoms with van der Waals surface area (Å²) in [5, 5.41) is 19.7. The van der Waals surface area contributed by atoms with Crippen LogP contribution in [0.5, 0.6) is 0 Å². The van der Waals surface area contributed by atoms with Crippen molar-refractivity contribution >= 4 is 11.9 Å². The summed E-state index contributed by atoms with van der Waals surface area (Å²) >= 11 is 0. The Kier molecular flexibility index (Phi) is 4.93. The molecule has 0 atom stereocenters. The Morgan fingerprint density at radius 2 is 2.14 bits per heavy atom. The maximum absolute atomic E-state index is 11.8. The fraction of sp³-hybridized carbons (Fsp3) is 0.714. The van der Waals surface area contributed by atoms with Gasteiger partial charge >= 0.3 is 5.97 Å². The molecule has 116 valence electrons. The molecule has 0 bridgehead atoms. The quantitative estimate of drug-likeness (QED) is 0.818. The number of carboxylic acids is 1. The highest BCUT2D eigenvalue weighted by Gasteiger charge is 2.41. The molecule has 1 amide bonds. The molecular weight excluding hydrogens is 272 g/mol. The number of aromatic nitrogens is 3. The Morgan fingerprint density at radius 3 is 2.71 bits per heavy atom. The van der Waals surface area contributed by atoms with Gasteiger partial charge in [0.1, 0.15) is 0 Å². The van der Waals surface area contributed by atoms with Crippen LogP contribution >= 0.6 is 0 Å². The van der Waals surface area contributed by atoms with Crippen LogP contribution < -0.4 is 5.32 Å². The Labute approximate surface area is 123 Å². The van der Waals surface area contributed by atoms with Crippen molar-refractivity contribution in [3.05, 3.63) is 12.4 Å². The van der Waals surface area contributed by atoms with Crippen LogP contribution in [0.3, 0.4) is 0 Å². The first-order chi connectivity index (χ1) is 10.0. The van der Waals surface area contributed by atoms with Crippen LogP contribution in [0, 0.1) is 11.3 Å². The lowest BCUT2D eigenvalue weighted by Crippen LogP contribution is -2.45. The van der Waals surface area contributed by atoms with E-state index in [9.17, 15) is 14.7 Å². The highest BCUT2D eigenvalue weighted by atomic mass is 16.4. The molecule has 1 saturated carbocycles. The molecule has 1 aliphatic carbocycles. The molecule has 0 spiro atoms. The van der Waals surface area contributed by atoms with E-state index in [0.29, 0.717) is 25.3 Å². The lowest BCUT2D eigenvalue weighted by Gasteiger charge is -2.35. The molecule has 7 heteroatoms. The molecule has 0 saturated heterocycles. The first-order valence-corrected chi connectivity index (χ1v) is 7.36. The van der Waals surface area contributed by atoms with Gasteiger partial charge in [-0.1, -0.05) is 12.1 Å². The van der Waals surface area contributed by atoms with Crippen molar-refractivity contribution < 1.29 is 14.7 Å². The third-order valence-corrected chi connectivity index (χ3v) is 4.35. The summed E-state index contributed by atoms with van der Waals surface area (Å²) in [7, 11) is 0. The zero-order chi connectivity index (χ0) is 15.3. The number of hydrogen-bond acceptors (Lipinski definition) is 4. The summed E-state index contributed by atoms with van der Waals surface area (Å²) in [6, 6.07) is 0. The van der Waals surface area contributed by atoms with Crippen LogP contribution in [0.4, 0.5) is 0 Å². The van der Waals surface area contributed by atoms with E-state index in [1.165, 1.54) is 0 Å². The first kappa shape index (κ1) is 15.5. The third-order valence-electron chi connectivity index (χ3n) is 4.35. The molecule has 0 unspecified atom stereocenters. The number of nitrogens with zero attached hydrogens (tertiary/aromatic N) is 3. The van der Waals surface area contributed by atoms with Gasteiger partial charge in [-0.15, -0.1) is 5.10 Å². The average Bonchev–Trinajstić information content (AvgIpc) is 2.98. The lowest BCUT2D eigenvalue weighted by atomic mass is 9.71. The number of hydrogen-bond donors (Lipinski definition) is 2. The summed E-state index contributed by atoms with van der Waals surface area (Å²) < 4.78 is 1.58. The second kappa shape index (κ2) is 6.69. The summed E-state index contributed by atoms with van der Waals surface area (Å²) in [5.74, 6) is -0.379. The van der Waals surface area contributed by atoms with E-state index >= 15 is 0 Å². The van der Waals surface area contributed by atoms with E-state index in [1.54, 1.807) is 17.1 Å². The molecule has 0 radical (unpaired) electrons. The van der Waals surface area contributed by atoms with Gasteiger partial charge in [0.25, 0.3) is 0 Å². The fourth-order valence-corrected chi connectivity index (χ4v) is 2.71. The smallest absolute Gasteiger partial charge is 0.311 e. The minimum Gasteiger partial charge on any atom is -0.481 e. The average molecular weight is 294 g/mol. The summed E-state index contributed by atoms with van der Waals surface area (Å²) in [5.41, 5.74) is -0.796. The lowest BCUT2D eigenvalue weighted by molar-refractivity contribution is -0.151. The van der Waals surface area contributed by atoms with E-state index in [-0.39, 0.29) is 18.9 Å². The zero-order valence-corrected chi connectivity index (χ0v) is 12.3. The molecule has 2 N–H and O–H groups in total. The number of carbonyl (C=O) groups is 2. The summed E-state index contributed by atoms with van der Waals surface area (Å²) in [4.78, 5) is 23.4. The van der Waals surface area contributed by atoms with Crippen LogP contribution in [0.15, 0.2) is 12.4 Å². The number of aliphatic carboxylic acids is 1. The topological polar surface area (TPSA) is 97.1 Å². The number of carbonyl (C=O) groups excluding carboxylic acids is 1. The van der Waals surface area contributed by atoms with E-state index in [4.69, 9.17) is 0 Å². The normalized spacial score (nSPS) is 25.5. The molecule has 2 rings (SSSR count). The molecule has 1 fully saturated rings. The van der Waals surface area contributed by atoms with Gasteiger partial charge in [0.2, 0.25) is 5.91 Å². The fourth-order valence-electron chi connectivity index (χ4n) is 2.71. The molecule has 0 aromatic carbocycles. The Hall–Kier alpha value is -1.92. The van der Waals surface area contributed by atoms with E-state index in [0.717, 1.165) is 12.8 Å². The molecule has 1 heterocycles. The molecular formula is C14H22N4O3. The van der Waals surface area contributed by atoms with Crippen LogP contribution in [0.1, 0.15) is 39.0 Å². The second-order valence-electron chi connectivity index (χ2n) is 5.96. The molecule has 1 aromatic heterocycles. The van der Waals surface area contributed by atoms with Crippen LogP contribution in [-0.2, 0) is 16.1 Å². The second-order valence-corrected chi connectivity index (χ2v) is 5.96. The van der Waals surface area contributed by atoms with Crippen molar-refractivity contribution in [3.8, 4) is 0 Å². The van der Waals surface area contributed by atoms with Gasteiger partial charge in [-0.2, -0.15) is 0 Å². The SMILES string of the molecule is CC1CCC(CNC(=O)CCn2ccnn2)(C(=O)O)CC1. The Balaban J connectivity index is 1.81. The Morgan fingerprint density at radius 1 is 1.43 bits per heavy atom. The van der Waals surface area contributed by atoms with E-state index < -0.39 is 11.4 Å². The van der Waals surface area contributed by atoms with E-state index in [2.05, 4.69) is 22.6 Å². The Bertz CT molecular complexity index is 478. The van der Waals surface area contributed by atoms with Crippen LogP contribution in [0.25, 0.3) is 0 Å². The molecule has 7 nitrogen and oxygen atoms in total.